The van der Waals surface area contributed by atoms with E-state index < -0.39 is 58.1 Å². The second-order valence-corrected chi connectivity index (χ2v) is 9.28. The molecular weight excluding hydrogens is 477 g/mol. The van der Waals surface area contributed by atoms with Gasteiger partial charge in [0.25, 0.3) is 5.91 Å². The number of carboxylic acids is 1. The first-order valence-electron chi connectivity index (χ1n) is 10.4. The number of halogens is 5. The number of carboxylic acid groups (broad SMARTS) is 1. The van der Waals surface area contributed by atoms with Crippen molar-refractivity contribution in [3.05, 3.63) is 58.8 Å². The average Bonchev–Trinajstić information content (AvgIpc) is 3.00. The van der Waals surface area contributed by atoms with E-state index in [2.05, 4.69) is 4.74 Å². The zero-order chi connectivity index (χ0) is 26.5. The van der Waals surface area contributed by atoms with Crippen molar-refractivity contribution in [1.82, 2.24) is 4.57 Å². The van der Waals surface area contributed by atoms with Gasteiger partial charge in [0.2, 0.25) is 0 Å². The Bertz CT molecular complexity index is 1300. The topological polar surface area (TPSA) is 88.8 Å². The Morgan fingerprint density at radius 1 is 1.09 bits per heavy atom. The highest BCUT2D eigenvalue weighted by Gasteiger charge is 2.35. The van der Waals surface area contributed by atoms with Gasteiger partial charge < -0.3 is 14.9 Å². The number of alkyl halides is 3. The van der Waals surface area contributed by atoms with Gasteiger partial charge >= 0.3 is 12.3 Å². The Labute approximate surface area is 196 Å². The second-order valence-electron chi connectivity index (χ2n) is 9.28. The maximum absolute atomic E-state index is 15.1. The van der Waals surface area contributed by atoms with Gasteiger partial charge in [-0.25, -0.2) is 8.78 Å². The van der Waals surface area contributed by atoms with E-state index >= 15 is 4.39 Å². The minimum atomic E-state index is -4.94. The molecule has 1 unspecified atom stereocenters. The van der Waals surface area contributed by atoms with E-state index in [0.29, 0.717) is 6.07 Å². The number of phenolic OH excluding ortho intramolecular Hbond substituents is 1. The van der Waals surface area contributed by atoms with E-state index in [4.69, 9.17) is 0 Å². The average molecular weight is 499 g/mol. The highest BCUT2D eigenvalue weighted by molar-refractivity contribution is 6.05. The number of nitrogens with zero attached hydrogens (tertiary/aromatic N) is 1. The standard InChI is InChI=1S/C24H22F5NO5/c1-11-17(14(22(33)34)10-23(2,3)4)18-16(9-15(25)20(31)19(18)26)30(11)21(32)12-5-7-13(8-6-12)35-24(27,28)29/h5-9,14,31H,10H2,1-4H3,(H,33,34). The van der Waals surface area contributed by atoms with E-state index in [1.54, 1.807) is 20.8 Å². The monoisotopic (exact) mass is 499 g/mol. The minimum absolute atomic E-state index is 0.0128. The Hall–Kier alpha value is -3.63. The van der Waals surface area contributed by atoms with Crippen LogP contribution < -0.4 is 4.74 Å². The van der Waals surface area contributed by atoms with Gasteiger partial charge in [-0.15, -0.1) is 13.2 Å². The number of aromatic hydroxyl groups is 1. The molecule has 0 aliphatic carbocycles. The van der Waals surface area contributed by atoms with Gasteiger partial charge in [-0.2, -0.15) is 0 Å². The van der Waals surface area contributed by atoms with E-state index in [0.717, 1.165) is 28.8 Å². The van der Waals surface area contributed by atoms with Crippen molar-refractivity contribution in [3.63, 3.8) is 0 Å². The molecule has 6 nitrogen and oxygen atoms in total. The normalized spacial score (nSPS) is 13.2. The van der Waals surface area contributed by atoms with Crippen LogP contribution in [0.4, 0.5) is 22.0 Å². The molecular formula is C24H22F5NO5. The molecule has 2 aromatic carbocycles. The number of rotatable bonds is 5. The highest BCUT2D eigenvalue weighted by atomic mass is 19.4. The third-order valence-electron chi connectivity index (χ3n) is 5.41. The Balaban J connectivity index is 2.26. The lowest BCUT2D eigenvalue weighted by Gasteiger charge is -2.24. The molecule has 1 heterocycles. The third kappa shape index (κ3) is 5.23. The van der Waals surface area contributed by atoms with Crippen LogP contribution in [0, 0.1) is 24.0 Å². The number of aliphatic carboxylic acids is 1. The fraction of sp³-hybridized carbons (Fsp3) is 0.333. The van der Waals surface area contributed by atoms with Crippen LogP contribution >= 0.6 is 0 Å². The number of hydrogen-bond acceptors (Lipinski definition) is 4. The van der Waals surface area contributed by atoms with Crippen LogP contribution in [0.1, 0.15) is 54.7 Å². The highest BCUT2D eigenvalue weighted by Crippen LogP contribution is 2.42. The van der Waals surface area contributed by atoms with Crippen molar-refractivity contribution < 1.29 is 46.5 Å². The summed E-state index contributed by atoms with van der Waals surface area (Å²) in [5, 5.41) is 19.4. The molecule has 0 spiro atoms. The van der Waals surface area contributed by atoms with Crippen molar-refractivity contribution in [2.24, 2.45) is 5.41 Å². The quantitative estimate of drug-likeness (QED) is 0.413. The first kappa shape index (κ1) is 26.0. The van der Waals surface area contributed by atoms with Crippen molar-refractivity contribution in [2.75, 3.05) is 0 Å². The van der Waals surface area contributed by atoms with Gasteiger partial charge in [0.1, 0.15) is 5.75 Å². The number of ether oxygens (including phenoxy) is 1. The number of carbonyl (C=O) groups excluding carboxylic acids is 1. The van der Waals surface area contributed by atoms with Crippen LogP contribution in [0.15, 0.2) is 30.3 Å². The number of phenols is 1. The van der Waals surface area contributed by atoms with Crippen LogP contribution in [0.5, 0.6) is 11.5 Å². The van der Waals surface area contributed by atoms with E-state index in [1.165, 1.54) is 6.92 Å². The number of fused-ring (bicyclic) bond motifs is 1. The fourth-order valence-corrected chi connectivity index (χ4v) is 4.05. The summed E-state index contributed by atoms with van der Waals surface area (Å²) < 4.78 is 71.3. The van der Waals surface area contributed by atoms with Gasteiger partial charge in [0.05, 0.1) is 11.4 Å². The predicted octanol–water partition coefficient (Wildman–Crippen LogP) is 6.13. The fourth-order valence-electron chi connectivity index (χ4n) is 4.05. The Morgan fingerprint density at radius 2 is 1.66 bits per heavy atom. The zero-order valence-electron chi connectivity index (χ0n) is 19.1. The molecule has 188 valence electrons. The van der Waals surface area contributed by atoms with Crippen molar-refractivity contribution >= 4 is 22.8 Å². The molecule has 3 aromatic rings. The van der Waals surface area contributed by atoms with Gasteiger partial charge in [-0.1, -0.05) is 20.8 Å². The lowest BCUT2D eigenvalue weighted by Crippen LogP contribution is -2.21. The number of hydrogen-bond donors (Lipinski definition) is 2. The summed E-state index contributed by atoms with van der Waals surface area (Å²) in [7, 11) is 0. The summed E-state index contributed by atoms with van der Waals surface area (Å²) in [4.78, 5) is 25.5. The molecule has 1 atom stereocenters. The van der Waals surface area contributed by atoms with Gasteiger partial charge in [-0.3, -0.25) is 14.2 Å². The summed E-state index contributed by atoms with van der Waals surface area (Å²) >= 11 is 0. The molecule has 0 bridgehead atoms. The number of carbonyl (C=O) groups is 2. The molecule has 0 saturated heterocycles. The molecule has 0 radical (unpaired) electrons. The smallest absolute Gasteiger partial charge is 0.503 e. The summed E-state index contributed by atoms with van der Waals surface area (Å²) in [5.74, 6) is -8.19. The van der Waals surface area contributed by atoms with Crippen molar-refractivity contribution in [2.45, 2.75) is 46.4 Å². The molecule has 0 fully saturated rings. The summed E-state index contributed by atoms with van der Waals surface area (Å²) in [6.07, 6.45) is -4.92. The van der Waals surface area contributed by atoms with Gasteiger partial charge in [0, 0.05) is 22.7 Å². The lowest BCUT2D eigenvalue weighted by atomic mass is 9.80. The lowest BCUT2D eigenvalue weighted by molar-refractivity contribution is -0.274. The van der Waals surface area contributed by atoms with Crippen LogP contribution in [-0.4, -0.2) is 33.0 Å². The van der Waals surface area contributed by atoms with Gasteiger partial charge in [0.15, 0.2) is 17.4 Å². The maximum Gasteiger partial charge on any atom is 0.573 e. The molecule has 35 heavy (non-hydrogen) atoms. The SMILES string of the molecule is Cc1c(C(CC(C)(C)C)C(=O)O)c2c(F)c(O)c(F)cc2n1C(=O)c1ccc(OC(F)(F)F)cc1. The zero-order valence-corrected chi connectivity index (χ0v) is 19.1. The Morgan fingerprint density at radius 3 is 2.14 bits per heavy atom. The van der Waals surface area contributed by atoms with E-state index in [-0.39, 0.29) is 28.8 Å². The third-order valence-corrected chi connectivity index (χ3v) is 5.41. The van der Waals surface area contributed by atoms with Crippen LogP contribution in [0.25, 0.3) is 10.9 Å². The van der Waals surface area contributed by atoms with Crippen molar-refractivity contribution in [1.29, 1.82) is 0 Å². The molecule has 0 aliphatic heterocycles. The molecule has 1 aromatic heterocycles. The minimum Gasteiger partial charge on any atom is -0.503 e. The molecule has 11 heteroatoms. The molecule has 3 rings (SSSR count). The first-order valence-corrected chi connectivity index (χ1v) is 10.4. The molecule has 0 aliphatic rings. The first-order chi connectivity index (χ1) is 16.0. The number of benzene rings is 2. The molecule has 0 saturated carbocycles. The van der Waals surface area contributed by atoms with Crippen LogP contribution in [0.3, 0.4) is 0 Å². The summed E-state index contributed by atoms with van der Waals surface area (Å²) in [6.45, 7) is 6.64. The largest absolute Gasteiger partial charge is 0.573 e. The van der Waals surface area contributed by atoms with Gasteiger partial charge in [-0.05, 0) is 48.6 Å². The summed E-state index contributed by atoms with van der Waals surface area (Å²) in [6, 6.07) is 4.57. The van der Waals surface area contributed by atoms with Crippen LogP contribution in [0.2, 0.25) is 0 Å². The molecule has 0 amide bonds. The van der Waals surface area contributed by atoms with E-state index in [1.807, 2.05) is 0 Å². The predicted molar refractivity (Wildman–Crippen MR) is 116 cm³/mol. The van der Waals surface area contributed by atoms with Crippen molar-refractivity contribution in [3.8, 4) is 11.5 Å². The second kappa shape index (κ2) is 8.86. The van der Waals surface area contributed by atoms with E-state index in [9.17, 15) is 37.4 Å². The maximum atomic E-state index is 15.1. The summed E-state index contributed by atoms with van der Waals surface area (Å²) in [5.41, 5.74) is -1.14. The Kier molecular flexibility index (Phi) is 6.58. The van der Waals surface area contributed by atoms with Crippen LogP contribution in [-0.2, 0) is 4.79 Å². The molecule has 2 N–H and O–H groups in total. The number of aromatic nitrogens is 1.